The summed E-state index contributed by atoms with van der Waals surface area (Å²) in [6, 6.07) is 10.7. The molecular weight excluding hydrogens is 390 g/mol. The number of nitrogens with zero attached hydrogens (tertiary/aromatic N) is 2. The van der Waals surface area contributed by atoms with Gasteiger partial charge in [-0.05, 0) is 23.6 Å². The zero-order valence-electron chi connectivity index (χ0n) is 13.5. The first-order valence-electron chi connectivity index (χ1n) is 7.80. The van der Waals surface area contributed by atoms with Crippen molar-refractivity contribution < 1.29 is 13.5 Å². The number of aromatic nitrogens is 2. The number of nitrogens with one attached hydrogen (secondary N) is 1. The van der Waals surface area contributed by atoms with E-state index in [0.29, 0.717) is 11.2 Å². The zero-order valence-corrected chi connectivity index (χ0v) is 15.9. The van der Waals surface area contributed by atoms with Gasteiger partial charge in [0.2, 0.25) is 0 Å². The number of anilines is 1. The molecule has 0 unspecified atom stereocenters. The molecule has 0 spiro atoms. The van der Waals surface area contributed by atoms with Crippen LogP contribution in [0.2, 0.25) is 0 Å². The van der Waals surface area contributed by atoms with Crippen LogP contribution in [0.3, 0.4) is 0 Å². The Hall–Kier alpha value is -2.20. The maximum absolute atomic E-state index is 13.1. The number of sulfonamides is 1. The van der Waals surface area contributed by atoms with Crippen LogP contribution in [0.4, 0.5) is 5.69 Å². The maximum atomic E-state index is 13.1. The second kappa shape index (κ2) is 6.84. The number of thiophene rings is 1. The lowest BCUT2D eigenvalue weighted by Gasteiger charge is -2.23. The highest BCUT2D eigenvalue weighted by Gasteiger charge is 2.27. The van der Waals surface area contributed by atoms with Crippen LogP contribution in [0.1, 0.15) is 0 Å². The molecule has 0 saturated carbocycles. The van der Waals surface area contributed by atoms with Gasteiger partial charge in [-0.25, -0.2) is 13.4 Å². The first-order valence-corrected chi connectivity index (χ1v) is 11.0. The SMILES string of the molecule is O=S(=O)(c1cccs1)N(CCO)c1cccc2cc(-c3nccs3)[nH]c12. The van der Waals surface area contributed by atoms with Crippen molar-refractivity contribution in [3.8, 4) is 10.7 Å². The van der Waals surface area contributed by atoms with Crippen LogP contribution in [0.15, 0.2) is 57.6 Å². The molecule has 0 amide bonds. The highest BCUT2D eigenvalue weighted by Crippen LogP contribution is 2.34. The van der Waals surface area contributed by atoms with Crippen LogP contribution in [0, 0.1) is 0 Å². The molecule has 134 valence electrons. The summed E-state index contributed by atoms with van der Waals surface area (Å²) in [6.45, 7) is -0.300. The predicted molar refractivity (Wildman–Crippen MR) is 105 cm³/mol. The minimum Gasteiger partial charge on any atom is -0.394 e. The molecule has 3 aromatic heterocycles. The van der Waals surface area contributed by atoms with E-state index in [-0.39, 0.29) is 17.4 Å². The minimum atomic E-state index is -3.75. The van der Waals surface area contributed by atoms with Gasteiger partial charge in [0.1, 0.15) is 9.22 Å². The summed E-state index contributed by atoms with van der Waals surface area (Å²) in [6.07, 6.45) is 1.73. The summed E-state index contributed by atoms with van der Waals surface area (Å²) in [5.74, 6) is 0. The molecule has 0 aliphatic rings. The molecule has 1 aromatic carbocycles. The molecule has 2 N–H and O–H groups in total. The van der Waals surface area contributed by atoms with Gasteiger partial charge in [-0.3, -0.25) is 4.31 Å². The van der Waals surface area contributed by atoms with E-state index < -0.39 is 10.0 Å². The molecule has 6 nitrogen and oxygen atoms in total. The Morgan fingerprint density at radius 1 is 1.15 bits per heavy atom. The number of rotatable bonds is 6. The number of hydrogen-bond donors (Lipinski definition) is 2. The van der Waals surface area contributed by atoms with Crippen molar-refractivity contribution in [3.63, 3.8) is 0 Å². The lowest BCUT2D eigenvalue weighted by atomic mass is 10.2. The van der Waals surface area contributed by atoms with Crippen molar-refractivity contribution in [1.82, 2.24) is 9.97 Å². The Kier molecular flexibility index (Phi) is 4.53. The van der Waals surface area contributed by atoms with Gasteiger partial charge in [-0.1, -0.05) is 18.2 Å². The maximum Gasteiger partial charge on any atom is 0.273 e. The number of aliphatic hydroxyl groups excluding tert-OH is 1. The largest absolute Gasteiger partial charge is 0.394 e. The molecule has 3 heterocycles. The highest BCUT2D eigenvalue weighted by molar-refractivity contribution is 7.94. The van der Waals surface area contributed by atoms with E-state index in [1.807, 2.05) is 23.6 Å². The van der Waals surface area contributed by atoms with Gasteiger partial charge in [0.15, 0.2) is 0 Å². The standard InChI is InChI=1S/C17H15N3O3S3/c21-8-7-20(26(22,23)15-5-2-9-24-15)14-4-1-3-12-11-13(19-16(12)14)17-18-6-10-25-17/h1-6,9-11,19,21H,7-8H2. The van der Waals surface area contributed by atoms with Crippen LogP contribution in [-0.4, -0.2) is 36.6 Å². The molecule has 0 fully saturated rings. The normalized spacial score (nSPS) is 11.9. The second-order valence-corrected chi connectivity index (χ2v) is 9.43. The van der Waals surface area contributed by atoms with Gasteiger partial charge in [0, 0.05) is 17.0 Å². The van der Waals surface area contributed by atoms with E-state index in [1.54, 1.807) is 29.8 Å². The van der Waals surface area contributed by atoms with Crippen LogP contribution < -0.4 is 4.31 Å². The lowest BCUT2D eigenvalue weighted by Crippen LogP contribution is -2.33. The highest BCUT2D eigenvalue weighted by atomic mass is 32.2. The van der Waals surface area contributed by atoms with Crippen LogP contribution >= 0.6 is 22.7 Å². The first kappa shape index (κ1) is 17.2. The number of benzene rings is 1. The molecule has 4 aromatic rings. The second-order valence-electron chi connectivity index (χ2n) is 5.49. The Morgan fingerprint density at radius 3 is 2.73 bits per heavy atom. The molecule has 0 aliphatic carbocycles. The summed E-state index contributed by atoms with van der Waals surface area (Å²) in [4.78, 5) is 7.59. The van der Waals surface area contributed by atoms with Crippen molar-refractivity contribution in [1.29, 1.82) is 0 Å². The van der Waals surface area contributed by atoms with Crippen LogP contribution in [0.25, 0.3) is 21.6 Å². The summed E-state index contributed by atoms with van der Waals surface area (Å²) in [5.41, 5.74) is 2.04. The molecule has 0 radical (unpaired) electrons. The predicted octanol–water partition coefficient (Wildman–Crippen LogP) is 3.54. The summed E-state index contributed by atoms with van der Waals surface area (Å²) >= 11 is 2.66. The smallest absolute Gasteiger partial charge is 0.273 e. The van der Waals surface area contributed by atoms with Crippen molar-refractivity contribution in [2.24, 2.45) is 0 Å². The van der Waals surface area contributed by atoms with E-state index in [1.165, 1.54) is 15.6 Å². The molecule has 0 atom stereocenters. The van der Waals surface area contributed by atoms with Crippen LogP contribution in [-0.2, 0) is 10.0 Å². The quantitative estimate of drug-likeness (QED) is 0.514. The molecule has 4 rings (SSSR count). The fraction of sp³-hybridized carbons (Fsp3) is 0.118. The molecule has 9 heteroatoms. The van der Waals surface area contributed by atoms with Gasteiger partial charge >= 0.3 is 0 Å². The lowest BCUT2D eigenvalue weighted by molar-refractivity contribution is 0.307. The van der Waals surface area contributed by atoms with Crippen molar-refractivity contribution >= 4 is 49.3 Å². The fourth-order valence-corrected chi connectivity index (χ4v) is 5.98. The summed E-state index contributed by atoms with van der Waals surface area (Å²) in [7, 11) is -3.75. The Bertz CT molecular complexity index is 1120. The Morgan fingerprint density at radius 2 is 2.04 bits per heavy atom. The number of aromatic amines is 1. The van der Waals surface area contributed by atoms with Crippen molar-refractivity contribution in [2.75, 3.05) is 17.5 Å². The minimum absolute atomic E-state index is 0.0229. The van der Waals surface area contributed by atoms with E-state index in [4.69, 9.17) is 0 Å². The van der Waals surface area contributed by atoms with Gasteiger partial charge < -0.3 is 10.1 Å². The van der Waals surface area contributed by atoms with Gasteiger partial charge in [-0.2, -0.15) is 0 Å². The number of aliphatic hydroxyl groups is 1. The van der Waals surface area contributed by atoms with Gasteiger partial charge in [0.05, 0.1) is 30.0 Å². The van der Waals surface area contributed by atoms with E-state index in [2.05, 4.69) is 9.97 Å². The first-order chi connectivity index (χ1) is 12.6. The van der Waals surface area contributed by atoms with Crippen molar-refractivity contribution in [3.05, 3.63) is 53.4 Å². The molecule has 0 bridgehead atoms. The number of hydrogen-bond acceptors (Lipinski definition) is 6. The van der Waals surface area contributed by atoms with Crippen molar-refractivity contribution in [2.45, 2.75) is 4.21 Å². The Labute approximate surface area is 158 Å². The van der Waals surface area contributed by atoms with Gasteiger partial charge in [0.25, 0.3) is 10.0 Å². The van der Waals surface area contributed by atoms with Gasteiger partial charge in [-0.15, -0.1) is 22.7 Å². The summed E-state index contributed by atoms with van der Waals surface area (Å²) < 4.78 is 27.6. The average Bonchev–Trinajstić information content (AvgIpc) is 3.39. The fourth-order valence-electron chi connectivity index (χ4n) is 2.80. The average molecular weight is 406 g/mol. The van der Waals surface area contributed by atoms with E-state index in [0.717, 1.165) is 27.4 Å². The summed E-state index contributed by atoms with van der Waals surface area (Å²) in [5, 5.41) is 14.8. The monoisotopic (exact) mass is 405 g/mol. The topological polar surface area (TPSA) is 86.3 Å². The van der Waals surface area contributed by atoms with Crippen LogP contribution in [0.5, 0.6) is 0 Å². The molecule has 26 heavy (non-hydrogen) atoms. The number of fused-ring (bicyclic) bond motifs is 1. The third-order valence-corrected chi connectivity index (χ3v) is 7.90. The zero-order chi connectivity index (χ0) is 18.1. The Balaban J connectivity index is 1.88. The number of thiazole rings is 1. The molecule has 0 aliphatic heterocycles. The van der Waals surface area contributed by atoms with E-state index >= 15 is 0 Å². The number of H-pyrrole nitrogens is 1. The third kappa shape index (κ3) is 2.92. The third-order valence-electron chi connectivity index (χ3n) is 3.91. The number of para-hydroxylation sites is 1. The molecule has 0 saturated heterocycles. The van der Waals surface area contributed by atoms with E-state index in [9.17, 15) is 13.5 Å². The molecular formula is C17H15N3O3S3.